The lowest BCUT2D eigenvalue weighted by Crippen LogP contribution is -2.28. The van der Waals surface area contributed by atoms with Crippen molar-refractivity contribution in [3.63, 3.8) is 0 Å². The Morgan fingerprint density at radius 3 is 2.80 bits per heavy atom. The smallest absolute Gasteiger partial charge is 0.310 e. The van der Waals surface area contributed by atoms with Gasteiger partial charge < -0.3 is 10.1 Å². The van der Waals surface area contributed by atoms with Crippen molar-refractivity contribution in [2.24, 2.45) is 5.92 Å². The third kappa shape index (κ3) is 1.29. The highest BCUT2D eigenvalue weighted by atomic mass is 16.5. The highest BCUT2D eigenvalue weighted by Crippen LogP contribution is 2.15. The van der Waals surface area contributed by atoms with Gasteiger partial charge in [-0.3, -0.25) is 4.79 Å². The van der Waals surface area contributed by atoms with Crippen LogP contribution in [-0.2, 0) is 9.53 Å². The molecule has 0 aromatic carbocycles. The van der Waals surface area contributed by atoms with Crippen LogP contribution in [0.3, 0.4) is 0 Å². The molecule has 0 bridgehead atoms. The number of nitrogens with one attached hydrogen (secondary N) is 1. The average Bonchev–Trinajstić information content (AvgIpc) is 2.34. The zero-order chi connectivity index (χ0) is 7.56. The lowest BCUT2D eigenvalue weighted by atomic mass is 10.0. The van der Waals surface area contributed by atoms with Gasteiger partial charge in [0.1, 0.15) is 0 Å². The van der Waals surface area contributed by atoms with E-state index in [0.29, 0.717) is 0 Å². The second-order valence-corrected chi connectivity index (χ2v) is 2.66. The number of esters is 1. The topological polar surface area (TPSA) is 38.3 Å². The SMILES string of the molecule is COC(=O)[C@@H]1CCN[C@H]1C. The van der Waals surface area contributed by atoms with Crippen LogP contribution in [0.25, 0.3) is 0 Å². The first kappa shape index (κ1) is 7.54. The Balaban J connectivity index is 2.46. The molecule has 1 fully saturated rings. The van der Waals surface area contributed by atoms with Crippen molar-refractivity contribution in [2.75, 3.05) is 13.7 Å². The summed E-state index contributed by atoms with van der Waals surface area (Å²) in [6.07, 6.45) is 0.911. The van der Waals surface area contributed by atoms with E-state index in [4.69, 9.17) is 0 Å². The summed E-state index contributed by atoms with van der Waals surface area (Å²) in [4.78, 5) is 11.0. The molecule has 58 valence electrons. The van der Waals surface area contributed by atoms with Gasteiger partial charge in [0.05, 0.1) is 13.0 Å². The van der Waals surface area contributed by atoms with Crippen molar-refractivity contribution < 1.29 is 9.53 Å². The van der Waals surface area contributed by atoms with Crippen LogP contribution in [0.1, 0.15) is 13.3 Å². The molecule has 0 saturated carbocycles. The Kier molecular flexibility index (Phi) is 2.27. The molecular weight excluding hydrogens is 130 g/mol. The van der Waals surface area contributed by atoms with Crippen molar-refractivity contribution in [3.8, 4) is 0 Å². The summed E-state index contributed by atoms with van der Waals surface area (Å²) in [5.74, 6) is -0.0116. The molecule has 10 heavy (non-hydrogen) atoms. The molecule has 3 nitrogen and oxygen atoms in total. The predicted octanol–water partition coefficient (Wildman–Crippen LogP) is 0.157. The van der Waals surface area contributed by atoms with Gasteiger partial charge in [-0.05, 0) is 19.9 Å². The number of ether oxygens (including phenoxy) is 1. The Hall–Kier alpha value is -0.570. The van der Waals surface area contributed by atoms with Crippen LogP contribution in [0.15, 0.2) is 0 Å². The number of carbonyl (C=O) groups is 1. The van der Waals surface area contributed by atoms with Crippen LogP contribution < -0.4 is 5.32 Å². The summed E-state index contributed by atoms with van der Waals surface area (Å²) in [5, 5.41) is 3.18. The van der Waals surface area contributed by atoms with Gasteiger partial charge in [-0.2, -0.15) is 0 Å². The van der Waals surface area contributed by atoms with Gasteiger partial charge in [-0.1, -0.05) is 0 Å². The molecule has 1 aliphatic heterocycles. The molecule has 1 N–H and O–H groups in total. The Morgan fingerprint density at radius 1 is 1.70 bits per heavy atom. The fourth-order valence-corrected chi connectivity index (χ4v) is 1.33. The molecule has 0 aromatic rings. The first-order valence-corrected chi connectivity index (χ1v) is 3.57. The Bertz CT molecular complexity index is 136. The minimum atomic E-state index is -0.0856. The van der Waals surface area contributed by atoms with Crippen LogP contribution >= 0.6 is 0 Å². The van der Waals surface area contributed by atoms with E-state index < -0.39 is 0 Å². The van der Waals surface area contributed by atoms with Crippen LogP contribution in [0.5, 0.6) is 0 Å². The molecule has 0 aliphatic carbocycles. The highest BCUT2D eigenvalue weighted by molar-refractivity contribution is 5.73. The zero-order valence-electron chi connectivity index (χ0n) is 6.39. The van der Waals surface area contributed by atoms with Gasteiger partial charge in [0, 0.05) is 6.04 Å². The van der Waals surface area contributed by atoms with Crippen molar-refractivity contribution in [3.05, 3.63) is 0 Å². The van der Waals surface area contributed by atoms with E-state index in [2.05, 4.69) is 10.1 Å². The molecule has 1 aliphatic rings. The summed E-state index contributed by atoms with van der Waals surface area (Å²) in [6.45, 7) is 2.94. The van der Waals surface area contributed by atoms with E-state index in [0.717, 1.165) is 13.0 Å². The molecule has 1 heterocycles. The number of hydrogen-bond donors (Lipinski definition) is 1. The summed E-state index contributed by atoms with van der Waals surface area (Å²) in [5.41, 5.74) is 0. The summed E-state index contributed by atoms with van der Waals surface area (Å²) in [6, 6.07) is 0.285. The van der Waals surface area contributed by atoms with Crippen LogP contribution in [0.2, 0.25) is 0 Å². The number of rotatable bonds is 1. The third-order valence-corrected chi connectivity index (χ3v) is 2.03. The van der Waals surface area contributed by atoms with Gasteiger partial charge in [0.25, 0.3) is 0 Å². The lowest BCUT2D eigenvalue weighted by molar-refractivity contribution is -0.145. The van der Waals surface area contributed by atoms with Gasteiger partial charge in [-0.25, -0.2) is 0 Å². The summed E-state index contributed by atoms with van der Waals surface area (Å²) < 4.78 is 4.63. The van der Waals surface area contributed by atoms with E-state index in [-0.39, 0.29) is 17.9 Å². The number of carbonyl (C=O) groups excluding carboxylic acids is 1. The van der Waals surface area contributed by atoms with E-state index in [9.17, 15) is 4.79 Å². The maximum Gasteiger partial charge on any atom is 0.310 e. The molecule has 0 aromatic heterocycles. The Morgan fingerprint density at radius 2 is 2.40 bits per heavy atom. The molecule has 0 radical (unpaired) electrons. The first-order valence-electron chi connectivity index (χ1n) is 3.57. The fraction of sp³-hybridized carbons (Fsp3) is 0.857. The van der Waals surface area contributed by atoms with Crippen molar-refractivity contribution in [1.29, 1.82) is 0 Å². The Labute approximate surface area is 60.7 Å². The molecular formula is C7H13NO2. The highest BCUT2D eigenvalue weighted by Gasteiger charge is 2.29. The van der Waals surface area contributed by atoms with Crippen LogP contribution in [0.4, 0.5) is 0 Å². The second kappa shape index (κ2) is 3.01. The number of methoxy groups -OCH3 is 1. The largest absolute Gasteiger partial charge is 0.469 e. The molecule has 1 saturated heterocycles. The quantitative estimate of drug-likeness (QED) is 0.531. The van der Waals surface area contributed by atoms with Gasteiger partial charge in [0.15, 0.2) is 0 Å². The molecule has 0 amide bonds. The van der Waals surface area contributed by atoms with Crippen molar-refractivity contribution in [1.82, 2.24) is 5.32 Å². The molecule has 0 spiro atoms. The van der Waals surface area contributed by atoms with Gasteiger partial charge >= 0.3 is 5.97 Å². The summed E-state index contributed by atoms with van der Waals surface area (Å²) in [7, 11) is 1.44. The van der Waals surface area contributed by atoms with Crippen molar-refractivity contribution in [2.45, 2.75) is 19.4 Å². The molecule has 2 atom stereocenters. The number of hydrogen-bond acceptors (Lipinski definition) is 3. The van der Waals surface area contributed by atoms with Gasteiger partial charge in [-0.15, -0.1) is 0 Å². The molecule has 1 rings (SSSR count). The lowest BCUT2D eigenvalue weighted by Gasteiger charge is -2.10. The third-order valence-electron chi connectivity index (χ3n) is 2.03. The minimum absolute atomic E-state index is 0.0741. The maximum atomic E-state index is 11.0. The molecule has 0 unspecified atom stereocenters. The maximum absolute atomic E-state index is 11.0. The zero-order valence-corrected chi connectivity index (χ0v) is 6.39. The van der Waals surface area contributed by atoms with E-state index in [1.807, 2.05) is 6.92 Å². The minimum Gasteiger partial charge on any atom is -0.469 e. The van der Waals surface area contributed by atoms with E-state index >= 15 is 0 Å². The van der Waals surface area contributed by atoms with Gasteiger partial charge in [0.2, 0.25) is 0 Å². The normalized spacial score (nSPS) is 32.2. The standard InChI is InChI=1S/C7H13NO2/c1-5-6(3-4-8-5)7(9)10-2/h5-6,8H,3-4H2,1-2H3/t5-,6+/m0/s1. The monoisotopic (exact) mass is 143 g/mol. The first-order chi connectivity index (χ1) is 4.75. The summed E-state index contributed by atoms with van der Waals surface area (Å²) >= 11 is 0. The fourth-order valence-electron chi connectivity index (χ4n) is 1.33. The van der Waals surface area contributed by atoms with Crippen LogP contribution in [0, 0.1) is 5.92 Å². The second-order valence-electron chi connectivity index (χ2n) is 2.66. The van der Waals surface area contributed by atoms with E-state index in [1.165, 1.54) is 7.11 Å². The van der Waals surface area contributed by atoms with E-state index in [1.54, 1.807) is 0 Å². The average molecular weight is 143 g/mol. The van der Waals surface area contributed by atoms with Crippen molar-refractivity contribution >= 4 is 5.97 Å². The van der Waals surface area contributed by atoms with Crippen LogP contribution in [-0.4, -0.2) is 25.7 Å². The predicted molar refractivity (Wildman–Crippen MR) is 37.6 cm³/mol. The molecule has 3 heteroatoms.